The summed E-state index contributed by atoms with van der Waals surface area (Å²) in [5.41, 5.74) is 1.61. The molecule has 3 aromatic rings. The molecule has 0 aliphatic heterocycles. The zero-order valence-electron chi connectivity index (χ0n) is 16.4. The number of anilines is 1. The van der Waals surface area contributed by atoms with Gasteiger partial charge in [0.1, 0.15) is 17.3 Å². The Hall–Kier alpha value is -2.96. The standard InChI is InChI=1S/C22H23ClN2O4/c1-27-20-12-19(21(28-2)11-18(20)23)24-22(26)15-25(14-17-9-6-10-29-17)13-16-7-4-3-5-8-16/h3-12H,13-15H2,1-2H3,(H,24,26). The van der Waals surface area contributed by atoms with E-state index in [-0.39, 0.29) is 12.5 Å². The summed E-state index contributed by atoms with van der Waals surface area (Å²) in [5.74, 6) is 1.53. The summed E-state index contributed by atoms with van der Waals surface area (Å²) < 4.78 is 16.0. The highest BCUT2D eigenvalue weighted by atomic mass is 35.5. The molecule has 6 nitrogen and oxygen atoms in total. The van der Waals surface area contributed by atoms with Gasteiger partial charge in [0.25, 0.3) is 0 Å². The van der Waals surface area contributed by atoms with E-state index in [4.69, 9.17) is 25.5 Å². The topological polar surface area (TPSA) is 63.9 Å². The number of amides is 1. The Labute approximate surface area is 175 Å². The Kier molecular flexibility index (Phi) is 7.16. The van der Waals surface area contributed by atoms with Crippen molar-refractivity contribution in [1.82, 2.24) is 4.90 Å². The first-order valence-electron chi connectivity index (χ1n) is 9.09. The molecule has 0 aliphatic carbocycles. The first kappa shape index (κ1) is 20.8. The molecule has 1 N–H and O–H groups in total. The van der Waals surface area contributed by atoms with E-state index in [0.717, 1.165) is 11.3 Å². The minimum atomic E-state index is -0.185. The monoisotopic (exact) mass is 414 g/mol. The largest absolute Gasteiger partial charge is 0.495 e. The minimum Gasteiger partial charge on any atom is -0.495 e. The van der Waals surface area contributed by atoms with Gasteiger partial charge in [-0.05, 0) is 17.7 Å². The molecule has 7 heteroatoms. The van der Waals surface area contributed by atoms with E-state index in [2.05, 4.69) is 5.32 Å². The fraction of sp³-hybridized carbons (Fsp3) is 0.227. The van der Waals surface area contributed by atoms with Crippen molar-refractivity contribution < 1.29 is 18.7 Å². The van der Waals surface area contributed by atoms with Crippen LogP contribution in [0.5, 0.6) is 11.5 Å². The van der Waals surface area contributed by atoms with Crippen LogP contribution in [0.15, 0.2) is 65.3 Å². The van der Waals surface area contributed by atoms with Gasteiger partial charge >= 0.3 is 0 Å². The summed E-state index contributed by atoms with van der Waals surface area (Å²) in [7, 11) is 3.04. The lowest BCUT2D eigenvalue weighted by Gasteiger charge is -2.21. The Morgan fingerprint density at radius 1 is 1.03 bits per heavy atom. The number of methoxy groups -OCH3 is 2. The van der Waals surface area contributed by atoms with E-state index in [1.807, 2.05) is 47.4 Å². The summed E-state index contributed by atoms with van der Waals surface area (Å²) in [6, 6.07) is 17.0. The maximum atomic E-state index is 12.8. The van der Waals surface area contributed by atoms with E-state index in [0.29, 0.717) is 35.3 Å². The Morgan fingerprint density at radius 2 is 1.79 bits per heavy atom. The molecule has 0 fully saturated rings. The molecular weight excluding hydrogens is 392 g/mol. The number of ether oxygens (including phenoxy) is 2. The molecule has 0 atom stereocenters. The predicted octanol–water partition coefficient (Wildman–Crippen LogP) is 4.59. The van der Waals surface area contributed by atoms with Gasteiger partial charge < -0.3 is 19.2 Å². The van der Waals surface area contributed by atoms with Crippen molar-refractivity contribution in [3.8, 4) is 11.5 Å². The fourth-order valence-electron chi connectivity index (χ4n) is 2.98. The number of hydrogen-bond donors (Lipinski definition) is 1. The number of furan rings is 1. The molecule has 0 aliphatic rings. The molecule has 0 saturated heterocycles. The molecule has 0 spiro atoms. The van der Waals surface area contributed by atoms with Crippen molar-refractivity contribution in [2.45, 2.75) is 13.1 Å². The van der Waals surface area contributed by atoms with E-state index >= 15 is 0 Å². The molecule has 3 rings (SSSR count). The zero-order valence-corrected chi connectivity index (χ0v) is 17.1. The number of rotatable bonds is 9. The maximum absolute atomic E-state index is 12.8. The van der Waals surface area contributed by atoms with Crippen molar-refractivity contribution in [3.63, 3.8) is 0 Å². The molecule has 2 aromatic carbocycles. The van der Waals surface area contributed by atoms with Crippen molar-refractivity contribution in [1.29, 1.82) is 0 Å². The highest BCUT2D eigenvalue weighted by molar-refractivity contribution is 6.32. The molecule has 0 saturated carbocycles. The van der Waals surface area contributed by atoms with Gasteiger partial charge in [-0.25, -0.2) is 0 Å². The van der Waals surface area contributed by atoms with Crippen molar-refractivity contribution in [3.05, 3.63) is 77.2 Å². The first-order chi connectivity index (χ1) is 14.1. The molecule has 1 amide bonds. The zero-order chi connectivity index (χ0) is 20.6. The van der Waals surface area contributed by atoms with Gasteiger partial charge in [0.2, 0.25) is 5.91 Å². The minimum absolute atomic E-state index is 0.170. The molecule has 1 heterocycles. The molecule has 0 unspecified atom stereocenters. The Morgan fingerprint density at radius 3 is 2.45 bits per heavy atom. The number of nitrogens with one attached hydrogen (secondary N) is 1. The maximum Gasteiger partial charge on any atom is 0.238 e. The van der Waals surface area contributed by atoms with Crippen LogP contribution in [0.4, 0.5) is 5.69 Å². The highest BCUT2D eigenvalue weighted by Gasteiger charge is 2.17. The van der Waals surface area contributed by atoms with E-state index in [1.54, 1.807) is 18.4 Å². The lowest BCUT2D eigenvalue weighted by molar-refractivity contribution is -0.117. The smallest absolute Gasteiger partial charge is 0.238 e. The number of carbonyl (C=O) groups is 1. The highest BCUT2D eigenvalue weighted by Crippen LogP contribution is 2.35. The van der Waals surface area contributed by atoms with Crippen LogP contribution in [0.1, 0.15) is 11.3 Å². The van der Waals surface area contributed by atoms with Crippen molar-refractivity contribution in [2.75, 3.05) is 26.1 Å². The van der Waals surface area contributed by atoms with Crippen LogP contribution in [0.25, 0.3) is 0 Å². The fourth-order valence-corrected chi connectivity index (χ4v) is 3.21. The van der Waals surface area contributed by atoms with Gasteiger partial charge in [-0.1, -0.05) is 41.9 Å². The SMILES string of the molecule is COc1cc(NC(=O)CN(Cc2ccccc2)Cc2ccco2)c(OC)cc1Cl. The number of benzene rings is 2. The molecule has 1 aromatic heterocycles. The summed E-state index contributed by atoms with van der Waals surface area (Å²) >= 11 is 6.13. The summed E-state index contributed by atoms with van der Waals surface area (Å²) in [5, 5.41) is 3.29. The average molecular weight is 415 g/mol. The predicted molar refractivity (Wildman–Crippen MR) is 112 cm³/mol. The van der Waals surface area contributed by atoms with Crippen LogP contribution in [0.2, 0.25) is 5.02 Å². The van der Waals surface area contributed by atoms with Gasteiger partial charge in [0, 0.05) is 18.7 Å². The Balaban J connectivity index is 1.74. The third kappa shape index (κ3) is 5.76. The van der Waals surface area contributed by atoms with Gasteiger partial charge in [0.05, 0.1) is 44.3 Å². The van der Waals surface area contributed by atoms with Crippen LogP contribution < -0.4 is 14.8 Å². The molecule has 0 radical (unpaired) electrons. The van der Waals surface area contributed by atoms with Crippen LogP contribution in [0, 0.1) is 0 Å². The summed E-state index contributed by atoms with van der Waals surface area (Å²) in [6.07, 6.45) is 1.63. The molecule has 0 bridgehead atoms. The Bertz CT molecular complexity index is 929. The lowest BCUT2D eigenvalue weighted by atomic mass is 10.2. The van der Waals surface area contributed by atoms with Gasteiger partial charge in [-0.2, -0.15) is 0 Å². The van der Waals surface area contributed by atoms with Gasteiger partial charge in [0.15, 0.2) is 0 Å². The number of carbonyl (C=O) groups excluding carboxylic acids is 1. The normalized spacial score (nSPS) is 10.8. The van der Waals surface area contributed by atoms with E-state index < -0.39 is 0 Å². The second kappa shape index (κ2) is 10.0. The molecular formula is C22H23ClN2O4. The number of hydrogen-bond acceptors (Lipinski definition) is 5. The number of nitrogens with zero attached hydrogens (tertiary/aromatic N) is 1. The molecule has 152 valence electrons. The van der Waals surface area contributed by atoms with Crippen molar-refractivity contribution >= 4 is 23.2 Å². The van der Waals surface area contributed by atoms with Crippen LogP contribution in [-0.2, 0) is 17.9 Å². The lowest BCUT2D eigenvalue weighted by Crippen LogP contribution is -2.32. The molecule has 29 heavy (non-hydrogen) atoms. The van der Waals surface area contributed by atoms with Crippen molar-refractivity contribution in [2.24, 2.45) is 0 Å². The quantitative estimate of drug-likeness (QED) is 0.554. The average Bonchev–Trinajstić information content (AvgIpc) is 3.22. The van der Waals surface area contributed by atoms with E-state index in [1.165, 1.54) is 14.2 Å². The van der Waals surface area contributed by atoms with Gasteiger partial charge in [-0.15, -0.1) is 0 Å². The van der Waals surface area contributed by atoms with Crippen LogP contribution >= 0.6 is 11.6 Å². The summed E-state index contributed by atoms with van der Waals surface area (Å²) in [4.78, 5) is 14.8. The van der Waals surface area contributed by atoms with Crippen LogP contribution in [-0.4, -0.2) is 31.6 Å². The van der Waals surface area contributed by atoms with Gasteiger partial charge in [-0.3, -0.25) is 9.69 Å². The van der Waals surface area contributed by atoms with Crippen LogP contribution in [0.3, 0.4) is 0 Å². The first-order valence-corrected chi connectivity index (χ1v) is 9.47. The second-order valence-electron chi connectivity index (χ2n) is 6.45. The third-order valence-corrected chi connectivity index (χ3v) is 4.62. The van der Waals surface area contributed by atoms with E-state index in [9.17, 15) is 4.79 Å². The second-order valence-corrected chi connectivity index (χ2v) is 6.85. The third-order valence-electron chi connectivity index (χ3n) is 4.32. The summed E-state index contributed by atoms with van der Waals surface area (Å²) in [6.45, 7) is 1.29. The number of halogens is 1.